The molecule has 1 rings (SSSR count). The van der Waals surface area contributed by atoms with Crippen LogP contribution in [-0.2, 0) is 6.54 Å². The second-order valence-corrected chi connectivity index (χ2v) is 5.04. The van der Waals surface area contributed by atoms with Gasteiger partial charge in [0.25, 0.3) is 0 Å². The van der Waals surface area contributed by atoms with Gasteiger partial charge in [0, 0.05) is 25.3 Å². The van der Waals surface area contributed by atoms with Crippen molar-refractivity contribution in [1.29, 1.82) is 0 Å². The summed E-state index contributed by atoms with van der Waals surface area (Å²) in [6.07, 6.45) is 4.31. The average Bonchev–Trinajstić information content (AvgIpc) is 2.37. The maximum absolute atomic E-state index is 4.45. The highest BCUT2D eigenvalue weighted by molar-refractivity contribution is 5.35. The van der Waals surface area contributed by atoms with Gasteiger partial charge in [-0.05, 0) is 44.9 Å². The highest BCUT2D eigenvalue weighted by atomic mass is 15.1. The van der Waals surface area contributed by atoms with Crippen molar-refractivity contribution in [3.63, 3.8) is 0 Å². The standard InChI is InChI=1S/C15H27N3/c1-5-9-16-15-8-7-14(11-17-15)12-18(10-6-2)13(3)4/h7-8,11,13H,5-6,9-10,12H2,1-4H3,(H,16,17). The monoisotopic (exact) mass is 249 g/mol. The van der Waals surface area contributed by atoms with Crippen LogP contribution >= 0.6 is 0 Å². The third-order valence-electron chi connectivity index (χ3n) is 3.01. The first kappa shape index (κ1) is 15.0. The molecule has 0 radical (unpaired) electrons. The summed E-state index contributed by atoms with van der Waals surface area (Å²) in [4.78, 5) is 6.93. The number of hydrogen-bond donors (Lipinski definition) is 1. The van der Waals surface area contributed by atoms with Crippen LogP contribution in [0.4, 0.5) is 5.82 Å². The molecule has 0 atom stereocenters. The van der Waals surface area contributed by atoms with Crippen LogP contribution in [0, 0.1) is 0 Å². The molecule has 3 heteroatoms. The lowest BCUT2D eigenvalue weighted by atomic mass is 10.2. The maximum Gasteiger partial charge on any atom is 0.125 e. The van der Waals surface area contributed by atoms with Gasteiger partial charge in [-0.1, -0.05) is 19.9 Å². The lowest BCUT2D eigenvalue weighted by Crippen LogP contribution is -2.31. The first-order valence-electron chi connectivity index (χ1n) is 7.10. The van der Waals surface area contributed by atoms with Crippen LogP contribution in [0.5, 0.6) is 0 Å². The molecule has 3 nitrogen and oxygen atoms in total. The van der Waals surface area contributed by atoms with Gasteiger partial charge in [-0.3, -0.25) is 4.90 Å². The molecule has 0 aliphatic heterocycles. The van der Waals surface area contributed by atoms with Gasteiger partial charge >= 0.3 is 0 Å². The lowest BCUT2D eigenvalue weighted by Gasteiger charge is -2.25. The zero-order chi connectivity index (χ0) is 13.4. The molecule has 1 heterocycles. The minimum absolute atomic E-state index is 0.586. The van der Waals surface area contributed by atoms with Crippen molar-refractivity contribution in [2.75, 3.05) is 18.4 Å². The fourth-order valence-electron chi connectivity index (χ4n) is 1.92. The van der Waals surface area contributed by atoms with Crippen molar-refractivity contribution in [3.05, 3.63) is 23.9 Å². The largest absolute Gasteiger partial charge is 0.370 e. The van der Waals surface area contributed by atoms with E-state index in [4.69, 9.17) is 0 Å². The van der Waals surface area contributed by atoms with Gasteiger partial charge in [0.2, 0.25) is 0 Å². The van der Waals surface area contributed by atoms with E-state index in [0.29, 0.717) is 6.04 Å². The topological polar surface area (TPSA) is 28.2 Å². The molecule has 0 saturated heterocycles. The molecule has 0 spiro atoms. The zero-order valence-corrected chi connectivity index (χ0v) is 12.2. The van der Waals surface area contributed by atoms with Gasteiger partial charge in [0.15, 0.2) is 0 Å². The summed E-state index contributed by atoms with van der Waals surface area (Å²) in [5.74, 6) is 0.979. The van der Waals surface area contributed by atoms with Crippen LogP contribution in [0.15, 0.2) is 18.3 Å². The molecule has 0 unspecified atom stereocenters. The van der Waals surface area contributed by atoms with E-state index >= 15 is 0 Å². The summed E-state index contributed by atoms with van der Waals surface area (Å²) in [5.41, 5.74) is 1.29. The molecule has 0 aromatic carbocycles. The third kappa shape index (κ3) is 5.05. The van der Waals surface area contributed by atoms with Gasteiger partial charge in [0.05, 0.1) is 0 Å². The van der Waals surface area contributed by atoms with E-state index in [1.807, 2.05) is 6.20 Å². The molecular weight excluding hydrogens is 222 g/mol. The Balaban J connectivity index is 2.55. The van der Waals surface area contributed by atoms with Crippen LogP contribution in [0.25, 0.3) is 0 Å². The third-order valence-corrected chi connectivity index (χ3v) is 3.01. The minimum Gasteiger partial charge on any atom is -0.370 e. The fourth-order valence-corrected chi connectivity index (χ4v) is 1.92. The van der Waals surface area contributed by atoms with Crippen molar-refractivity contribution in [2.45, 2.75) is 53.1 Å². The van der Waals surface area contributed by atoms with Gasteiger partial charge in [-0.25, -0.2) is 4.98 Å². The van der Waals surface area contributed by atoms with Gasteiger partial charge < -0.3 is 5.32 Å². The predicted molar refractivity (Wildman–Crippen MR) is 78.9 cm³/mol. The molecule has 1 aromatic heterocycles. The van der Waals surface area contributed by atoms with Crippen LogP contribution in [0.2, 0.25) is 0 Å². The van der Waals surface area contributed by atoms with E-state index in [2.05, 4.69) is 55.0 Å². The van der Waals surface area contributed by atoms with Crippen molar-refractivity contribution in [2.24, 2.45) is 0 Å². The SMILES string of the molecule is CCCNc1ccc(CN(CCC)C(C)C)cn1. The second-order valence-electron chi connectivity index (χ2n) is 5.04. The Morgan fingerprint density at radius 2 is 2.00 bits per heavy atom. The summed E-state index contributed by atoms with van der Waals surface area (Å²) in [7, 11) is 0. The number of anilines is 1. The summed E-state index contributed by atoms with van der Waals surface area (Å²) in [6, 6.07) is 4.84. The van der Waals surface area contributed by atoms with Crippen molar-refractivity contribution in [3.8, 4) is 0 Å². The number of rotatable bonds is 8. The van der Waals surface area contributed by atoms with E-state index in [1.54, 1.807) is 0 Å². The molecule has 0 saturated carbocycles. The van der Waals surface area contributed by atoms with Crippen LogP contribution in [-0.4, -0.2) is 29.0 Å². The quantitative estimate of drug-likeness (QED) is 0.764. The average molecular weight is 249 g/mol. The molecule has 1 N–H and O–H groups in total. The molecule has 1 aromatic rings. The lowest BCUT2D eigenvalue weighted by molar-refractivity contribution is 0.213. The molecular formula is C15H27N3. The number of nitrogens with one attached hydrogen (secondary N) is 1. The van der Waals surface area contributed by atoms with Gasteiger partial charge in [-0.15, -0.1) is 0 Å². The summed E-state index contributed by atoms with van der Waals surface area (Å²) < 4.78 is 0. The summed E-state index contributed by atoms with van der Waals surface area (Å²) in [6.45, 7) is 12.0. The van der Waals surface area contributed by atoms with Gasteiger partial charge in [0.1, 0.15) is 5.82 Å². The summed E-state index contributed by atoms with van der Waals surface area (Å²) >= 11 is 0. The predicted octanol–water partition coefficient (Wildman–Crippen LogP) is 3.52. The molecule has 102 valence electrons. The Kier molecular flexibility index (Phi) is 6.73. The number of hydrogen-bond acceptors (Lipinski definition) is 3. The Morgan fingerprint density at radius 3 is 2.50 bits per heavy atom. The smallest absolute Gasteiger partial charge is 0.125 e. The number of aromatic nitrogens is 1. The first-order valence-corrected chi connectivity index (χ1v) is 7.10. The maximum atomic E-state index is 4.45. The van der Waals surface area contributed by atoms with Crippen molar-refractivity contribution < 1.29 is 0 Å². The highest BCUT2D eigenvalue weighted by Crippen LogP contribution is 2.10. The molecule has 0 amide bonds. The first-order chi connectivity index (χ1) is 8.67. The Hall–Kier alpha value is -1.09. The normalized spacial score (nSPS) is 11.2. The second kappa shape index (κ2) is 8.09. The number of pyridine rings is 1. The van der Waals surface area contributed by atoms with Crippen LogP contribution < -0.4 is 5.32 Å². The minimum atomic E-state index is 0.586. The molecule has 0 bridgehead atoms. The molecule has 0 aliphatic carbocycles. The molecule has 18 heavy (non-hydrogen) atoms. The van der Waals surface area contributed by atoms with Crippen molar-refractivity contribution >= 4 is 5.82 Å². The Bertz CT molecular complexity index is 319. The van der Waals surface area contributed by atoms with Crippen LogP contribution in [0.3, 0.4) is 0 Å². The van der Waals surface area contributed by atoms with E-state index < -0.39 is 0 Å². The Labute approximate surface area is 112 Å². The molecule has 0 fully saturated rings. The van der Waals surface area contributed by atoms with Crippen LogP contribution in [0.1, 0.15) is 46.1 Å². The molecule has 0 aliphatic rings. The van der Waals surface area contributed by atoms with E-state index in [1.165, 1.54) is 12.0 Å². The summed E-state index contributed by atoms with van der Waals surface area (Å²) in [5, 5.41) is 3.30. The fraction of sp³-hybridized carbons (Fsp3) is 0.667. The Morgan fingerprint density at radius 1 is 1.22 bits per heavy atom. The van der Waals surface area contributed by atoms with Gasteiger partial charge in [-0.2, -0.15) is 0 Å². The number of nitrogens with zero attached hydrogens (tertiary/aromatic N) is 2. The van der Waals surface area contributed by atoms with E-state index in [9.17, 15) is 0 Å². The van der Waals surface area contributed by atoms with Crippen molar-refractivity contribution in [1.82, 2.24) is 9.88 Å². The highest BCUT2D eigenvalue weighted by Gasteiger charge is 2.08. The van der Waals surface area contributed by atoms with E-state index in [0.717, 1.165) is 31.9 Å². The zero-order valence-electron chi connectivity index (χ0n) is 12.2. The van der Waals surface area contributed by atoms with E-state index in [-0.39, 0.29) is 0 Å².